The minimum Gasteiger partial charge on any atom is -0.322 e. The van der Waals surface area contributed by atoms with Crippen molar-refractivity contribution in [2.24, 2.45) is 10.7 Å². The van der Waals surface area contributed by atoms with Gasteiger partial charge in [-0.3, -0.25) is 4.99 Å². The highest BCUT2D eigenvalue weighted by atomic mass is 32.2. The summed E-state index contributed by atoms with van der Waals surface area (Å²) in [7, 11) is 0. The molecule has 0 bridgehead atoms. The van der Waals surface area contributed by atoms with Crippen LogP contribution in [-0.2, 0) is 6.42 Å². The van der Waals surface area contributed by atoms with Gasteiger partial charge in [0.25, 0.3) is 0 Å². The second kappa shape index (κ2) is 7.68. The molecule has 3 heteroatoms. The third-order valence-electron chi connectivity index (χ3n) is 2.99. The van der Waals surface area contributed by atoms with Crippen molar-refractivity contribution in [3.63, 3.8) is 0 Å². The third kappa shape index (κ3) is 3.83. The molecular formula is C17H18N2S. The van der Waals surface area contributed by atoms with Crippen LogP contribution in [0.25, 0.3) is 11.1 Å². The van der Waals surface area contributed by atoms with E-state index in [1.165, 1.54) is 16.7 Å². The summed E-state index contributed by atoms with van der Waals surface area (Å²) in [5, 5.41) is 1.98. The van der Waals surface area contributed by atoms with Gasteiger partial charge in [-0.2, -0.15) is 0 Å². The lowest BCUT2D eigenvalue weighted by molar-refractivity contribution is 1.13. The lowest BCUT2D eigenvalue weighted by Crippen LogP contribution is -1.94. The lowest BCUT2D eigenvalue weighted by atomic mass is 9.97. The number of allylic oxidation sites excluding steroid dienone is 1. The number of benzene rings is 2. The zero-order valence-electron chi connectivity index (χ0n) is 11.3. The molecular weight excluding hydrogens is 264 g/mol. The van der Waals surface area contributed by atoms with E-state index in [0.717, 1.165) is 12.1 Å². The Morgan fingerprint density at radius 3 is 2.50 bits per heavy atom. The Morgan fingerprint density at radius 1 is 1.10 bits per heavy atom. The Hall–Kier alpha value is -1.84. The first-order chi connectivity index (χ1) is 9.85. The fourth-order valence-corrected chi connectivity index (χ4v) is 2.49. The molecule has 0 fully saturated rings. The zero-order chi connectivity index (χ0) is 14.2. The molecule has 2 aromatic rings. The molecule has 0 aliphatic rings. The molecule has 0 aromatic heterocycles. The van der Waals surface area contributed by atoms with Crippen LogP contribution in [0.4, 0.5) is 0 Å². The SMILES string of the molecule is C=N/C(=C\SCN)Cc1ccccc1-c1ccccc1. The maximum absolute atomic E-state index is 5.50. The highest BCUT2D eigenvalue weighted by molar-refractivity contribution is 8.02. The average Bonchev–Trinajstić information content (AvgIpc) is 2.52. The molecule has 0 heterocycles. The molecule has 0 amide bonds. The summed E-state index contributed by atoms with van der Waals surface area (Å²) < 4.78 is 0. The average molecular weight is 282 g/mol. The van der Waals surface area contributed by atoms with Gasteiger partial charge in [-0.05, 0) is 28.8 Å². The molecule has 102 valence electrons. The molecule has 0 aliphatic heterocycles. The van der Waals surface area contributed by atoms with E-state index in [1.807, 2.05) is 11.5 Å². The van der Waals surface area contributed by atoms with E-state index >= 15 is 0 Å². The van der Waals surface area contributed by atoms with E-state index in [1.54, 1.807) is 11.8 Å². The van der Waals surface area contributed by atoms with Gasteiger partial charge >= 0.3 is 0 Å². The van der Waals surface area contributed by atoms with Crippen LogP contribution >= 0.6 is 11.8 Å². The molecule has 0 spiro atoms. The number of thioether (sulfide) groups is 1. The maximum atomic E-state index is 5.50. The van der Waals surface area contributed by atoms with Crippen LogP contribution in [0.15, 0.2) is 70.7 Å². The van der Waals surface area contributed by atoms with Crippen molar-refractivity contribution in [2.75, 3.05) is 5.88 Å². The van der Waals surface area contributed by atoms with Crippen LogP contribution in [0.3, 0.4) is 0 Å². The van der Waals surface area contributed by atoms with Crippen molar-refractivity contribution in [1.29, 1.82) is 0 Å². The van der Waals surface area contributed by atoms with Crippen LogP contribution in [-0.4, -0.2) is 12.6 Å². The van der Waals surface area contributed by atoms with Crippen LogP contribution < -0.4 is 5.73 Å². The Labute approximate surface area is 124 Å². The van der Waals surface area contributed by atoms with E-state index in [0.29, 0.717) is 5.88 Å². The summed E-state index contributed by atoms with van der Waals surface area (Å²) in [4.78, 5) is 4.09. The van der Waals surface area contributed by atoms with Crippen molar-refractivity contribution in [3.8, 4) is 11.1 Å². The second-order valence-corrected chi connectivity index (χ2v) is 5.20. The summed E-state index contributed by atoms with van der Waals surface area (Å²) in [6.07, 6.45) is 0.765. The van der Waals surface area contributed by atoms with E-state index < -0.39 is 0 Å². The van der Waals surface area contributed by atoms with Gasteiger partial charge in [-0.25, -0.2) is 0 Å². The van der Waals surface area contributed by atoms with Gasteiger partial charge in [0, 0.05) is 12.3 Å². The number of rotatable bonds is 6. The topological polar surface area (TPSA) is 38.4 Å². The Kier molecular flexibility index (Phi) is 5.59. The smallest absolute Gasteiger partial charge is 0.0503 e. The Morgan fingerprint density at radius 2 is 1.80 bits per heavy atom. The molecule has 0 radical (unpaired) electrons. The first-order valence-electron chi connectivity index (χ1n) is 6.46. The largest absolute Gasteiger partial charge is 0.322 e. The first-order valence-corrected chi connectivity index (χ1v) is 7.51. The van der Waals surface area contributed by atoms with Crippen LogP contribution in [0.2, 0.25) is 0 Å². The number of hydrogen-bond donors (Lipinski definition) is 1. The van der Waals surface area contributed by atoms with Crippen LogP contribution in [0.5, 0.6) is 0 Å². The summed E-state index contributed by atoms with van der Waals surface area (Å²) in [5.74, 6) is 0.555. The number of nitrogens with zero attached hydrogens (tertiary/aromatic N) is 1. The predicted molar refractivity (Wildman–Crippen MR) is 89.9 cm³/mol. The maximum Gasteiger partial charge on any atom is 0.0503 e. The van der Waals surface area contributed by atoms with Crippen molar-refractivity contribution in [3.05, 3.63) is 71.3 Å². The zero-order valence-corrected chi connectivity index (χ0v) is 12.1. The first kappa shape index (κ1) is 14.6. The number of nitrogens with two attached hydrogens (primary N) is 1. The standard InChI is InChI=1S/C17H18N2S/c1-19-16(12-20-13-18)11-15-9-5-6-10-17(15)14-7-3-2-4-8-14/h2-10,12H,1,11,13,18H2/b16-12-. The minimum atomic E-state index is 0.555. The monoisotopic (exact) mass is 282 g/mol. The van der Waals surface area contributed by atoms with Gasteiger partial charge in [0.15, 0.2) is 0 Å². The molecule has 0 unspecified atom stereocenters. The summed E-state index contributed by atoms with van der Waals surface area (Å²) >= 11 is 1.54. The number of hydrogen-bond acceptors (Lipinski definition) is 3. The van der Waals surface area contributed by atoms with Crippen LogP contribution in [0.1, 0.15) is 5.56 Å². The van der Waals surface area contributed by atoms with Crippen molar-refractivity contribution < 1.29 is 0 Å². The number of aliphatic imine (C=N–C) groups is 1. The van der Waals surface area contributed by atoms with Gasteiger partial charge in [0.1, 0.15) is 0 Å². The summed E-state index contributed by atoms with van der Waals surface area (Å²) in [6.45, 7) is 3.64. The van der Waals surface area contributed by atoms with Crippen molar-refractivity contribution >= 4 is 18.5 Å². The fourth-order valence-electron chi connectivity index (χ4n) is 2.05. The molecule has 0 aliphatic carbocycles. The van der Waals surface area contributed by atoms with E-state index in [-0.39, 0.29) is 0 Å². The van der Waals surface area contributed by atoms with E-state index in [4.69, 9.17) is 5.73 Å². The molecule has 2 rings (SSSR count). The van der Waals surface area contributed by atoms with E-state index in [9.17, 15) is 0 Å². The van der Waals surface area contributed by atoms with Gasteiger partial charge in [0.05, 0.1) is 5.70 Å². The molecule has 0 saturated carbocycles. The molecule has 2 N–H and O–H groups in total. The van der Waals surface area contributed by atoms with E-state index in [2.05, 4.69) is 60.2 Å². The molecule has 0 saturated heterocycles. The minimum absolute atomic E-state index is 0.555. The van der Waals surface area contributed by atoms with Crippen molar-refractivity contribution in [1.82, 2.24) is 0 Å². The third-order valence-corrected chi connectivity index (χ3v) is 3.62. The Balaban J connectivity index is 2.31. The van der Waals surface area contributed by atoms with Gasteiger partial charge < -0.3 is 5.73 Å². The van der Waals surface area contributed by atoms with Gasteiger partial charge in [0.2, 0.25) is 0 Å². The highest BCUT2D eigenvalue weighted by Gasteiger charge is 2.05. The van der Waals surface area contributed by atoms with Crippen molar-refractivity contribution in [2.45, 2.75) is 6.42 Å². The molecule has 2 aromatic carbocycles. The molecule has 0 atom stereocenters. The predicted octanol–water partition coefficient (Wildman–Crippen LogP) is 4.09. The van der Waals surface area contributed by atoms with Gasteiger partial charge in [-0.15, -0.1) is 11.8 Å². The van der Waals surface area contributed by atoms with Crippen LogP contribution in [0, 0.1) is 0 Å². The highest BCUT2D eigenvalue weighted by Crippen LogP contribution is 2.26. The molecule has 2 nitrogen and oxygen atoms in total. The Bertz CT molecular complexity index is 591. The fraction of sp³-hybridized carbons (Fsp3) is 0.118. The summed E-state index contributed by atoms with van der Waals surface area (Å²) in [6, 6.07) is 18.8. The quantitative estimate of drug-likeness (QED) is 0.640. The lowest BCUT2D eigenvalue weighted by Gasteiger charge is -2.10. The second-order valence-electron chi connectivity index (χ2n) is 4.30. The summed E-state index contributed by atoms with van der Waals surface area (Å²) in [5.41, 5.74) is 10.2. The molecule has 20 heavy (non-hydrogen) atoms. The normalized spacial score (nSPS) is 11.3. The van der Waals surface area contributed by atoms with Gasteiger partial charge in [-0.1, -0.05) is 54.6 Å².